The zero-order chi connectivity index (χ0) is 18.5. The lowest BCUT2D eigenvalue weighted by Crippen LogP contribution is -2.22. The predicted molar refractivity (Wildman–Crippen MR) is 118 cm³/mol. The second-order valence-corrected chi connectivity index (χ2v) is 7.10. The van der Waals surface area contributed by atoms with Gasteiger partial charge in [-0.15, -0.1) is 22.6 Å². The number of fused-ring (bicyclic) bond motifs is 2. The van der Waals surface area contributed by atoms with Crippen molar-refractivity contribution in [2.45, 2.75) is 0 Å². The molecule has 0 fully saturated rings. The lowest BCUT2D eigenvalue weighted by atomic mass is 10.0. The molecule has 0 saturated carbocycles. The van der Waals surface area contributed by atoms with Crippen LogP contribution in [0.25, 0.3) is 21.5 Å². The summed E-state index contributed by atoms with van der Waals surface area (Å²) >= 11 is 0. The Morgan fingerprint density at radius 1 is 0.741 bits per heavy atom. The van der Waals surface area contributed by atoms with E-state index in [4.69, 9.17) is 0 Å². The number of halogens is 1. The fraction of sp³-hybridized carbons (Fsp3) is 0.400. The van der Waals surface area contributed by atoms with Gasteiger partial charge >= 0.3 is 0 Å². The van der Waals surface area contributed by atoms with E-state index in [1.807, 2.05) is 0 Å². The molecule has 0 aliphatic carbocycles. The molecule has 27 heavy (non-hydrogen) atoms. The second kappa shape index (κ2) is 9.69. The third-order valence-corrected chi connectivity index (χ3v) is 4.35. The van der Waals surface area contributed by atoms with Crippen LogP contribution in [0.2, 0.25) is 0 Å². The molecule has 146 valence electrons. The molecule has 3 rings (SSSR count). The van der Waals surface area contributed by atoms with E-state index in [9.17, 15) is 0 Å². The van der Waals surface area contributed by atoms with Crippen LogP contribution in [0.5, 0.6) is 0 Å². The minimum atomic E-state index is 0. The molecule has 2 N–H and O–H groups in total. The van der Waals surface area contributed by atoms with Gasteiger partial charge in [-0.2, -0.15) is 0 Å². The van der Waals surface area contributed by atoms with Crippen molar-refractivity contribution in [2.24, 2.45) is 0 Å². The number of aromatic nitrogens is 2. The van der Waals surface area contributed by atoms with Gasteiger partial charge < -0.3 is 20.4 Å². The highest BCUT2D eigenvalue weighted by Gasteiger charge is 2.11. The zero-order valence-corrected chi connectivity index (χ0v) is 17.3. The van der Waals surface area contributed by atoms with Crippen molar-refractivity contribution in [2.75, 3.05) is 65.0 Å². The van der Waals surface area contributed by atoms with Gasteiger partial charge in [0.1, 0.15) is 0 Å². The lowest BCUT2D eigenvalue weighted by molar-refractivity contribution is 0.425. The van der Waals surface area contributed by atoms with Crippen LogP contribution in [0.15, 0.2) is 36.4 Å². The zero-order valence-electron chi connectivity index (χ0n) is 16.5. The van der Waals surface area contributed by atoms with Crippen molar-refractivity contribution < 1.29 is 0 Å². The Morgan fingerprint density at radius 2 is 1.15 bits per heavy atom. The average molecular weight is 389 g/mol. The van der Waals surface area contributed by atoms with Gasteiger partial charge in [-0.3, -0.25) is 0 Å². The van der Waals surface area contributed by atoms with E-state index in [-0.39, 0.29) is 12.4 Å². The first-order valence-corrected chi connectivity index (χ1v) is 9.01. The van der Waals surface area contributed by atoms with Gasteiger partial charge in [0.25, 0.3) is 0 Å². The molecule has 2 aromatic carbocycles. The number of rotatable bonds is 8. The summed E-state index contributed by atoms with van der Waals surface area (Å²) in [5.41, 5.74) is 0. The first-order chi connectivity index (χ1) is 12.5. The molecule has 0 saturated heterocycles. The van der Waals surface area contributed by atoms with E-state index < -0.39 is 0 Å². The molecule has 1 aromatic heterocycles. The molecule has 7 heteroatoms. The Morgan fingerprint density at radius 3 is 1.52 bits per heavy atom. The predicted octanol–water partition coefficient (Wildman–Crippen LogP) is 3.15. The quantitative estimate of drug-likeness (QED) is 0.578. The highest BCUT2D eigenvalue weighted by Crippen LogP contribution is 2.30. The molecule has 0 aliphatic rings. The van der Waals surface area contributed by atoms with E-state index in [0.717, 1.165) is 48.6 Å². The van der Waals surface area contributed by atoms with Crippen LogP contribution in [0.4, 0.5) is 11.6 Å². The molecular formula is C20H29ClN6. The molecule has 3 aromatic rings. The maximum atomic E-state index is 4.45. The molecule has 0 aliphatic heterocycles. The van der Waals surface area contributed by atoms with E-state index >= 15 is 0 Å². The Hall–Kier alpha value is -2.15. The van der Waals surface area contributed by atoms with Gasteiger partial charge in [-0.05, 0) is 51.1 Å². The summed E-state index contributed by atoms with van der Waals surface area (Å²) in [7, 11) is 8.26. The number of nitrogens with one attached hydrogen (secondary N) is 2. The van der Waals surface area contributed by atoms with Crippen molar-refractivity contribution in [3.8, 4) is 0 Å². The molecule has 0 spiro atoms. The summed E-state index contributed by atoms with van der Waals surface area (Å²) in [5.74, 6) is 1.68. The molecule has 6 nitrogen and oxygen atoms in total. The van der Waals surface area contributed by atoms with Crippen molar-refractivity contribution in [1.29, 1.82) is 0 Å². The highest BCUT2D eigenvalue weighted by molar-refractivity contribution is 6.06. The van der Waals surface area contributed by atoms with Crippen molar-refractivity contribution in [1.82, 2.24) is 20.0 Å². The summed E-state index contributed by atoms with van der Waals surface area (Å²) in [6.45, 7) is 3.55. The van der Waals surface area contributed by atoms with Crippen LogP contribution < -0.4 is 10.6 Å². The Labute approximate surface area is 167 Å². The van der Waals surface area contributed by atoms with Crippen LogP contribution >= 0.6 is 12.4 Å². The lowest BCUT2D eigenvalue weighted by Gasteiger charge is -2.15. The van der Waals surface area contributed by atoms with E-state index in [0.29, 0.717) is 0 Å². The number of anilines is 2. The number of likely N-dealkylation sites (N-methyl/N-ethyl adjacent to an activating group) is 2. The van der Waals surface area contributed by atoms with Gasteiger partial charge in [-0.1, -0.05) is 24.3 Å². The van der Waals surface area contributed by atoms with Crippen LogP contribution in [-0.2, 0) is 0 Å². The fourth-order valence-corrected chi connectivity index (χ4v) is 2.90. The van der Waals surface area contributed by atoms with Crippen LogP contribution in [-0.4, -0.2) is 74.4 Å². The van der Waals surface area contributed by atoms with Gasteiger partial charge in [-0.25, -0.2) is 0 Å². The number of hydrogen-bond donors (Lipinski definition) is 2. The van der Waals surface area contributed by atoms with Crippen LogP contribution in [0.1, 0.15) is 0 Å². The number of hydrogen-bond acceptors (Lipinski definition) is 6. The Bertz CT molecular complexity index is 809. The van der Waals surface area contributed by atoms with E-state index in [1.54, 1.807) is 0 Å². The Balaban J connectivity index is 0.00000261. The summed E-state index contributed by atoms with van der Waals surface area (Å²) in [6.07, 6.45) is 0. The molecule has 0 amide bonds. The second-order valence-electron chi connectivity index (χ2n) is 7.10. The van der Waals surface area contributed by atoms with Crippen LogP contribution in [0.3, 0.4) is 0 Å². The summed E-state index contributed by atoms with van der Waals surface area (Å²) in [5, 5.41) is 20.4. The first kappa shape index (κ1) is 21.2. The van der Waals surface area contributed by atoms with Gasteiger partial charge in [0, 0.05) is 37.0 Å². The smallest absolute Gasteiger partial charge is 0.156 e. The third-order valence-electron chi connectivity index (χ3n) is 4.35. The maximum Gasteiger partial charge on any atom is 0.156 e. The fourth-order valence-electron chi connectivity index (χ4n) is 2.90. The number of benzene rings is 2. The normalized spacial score (nSPS) is 11.2. The first-order valence-electron chi connectivity index (χ1n) is 9.01. The van der Waals surface area contributed by atoms with Crippen LogP contribution in [0, 0.1) is 0 Å². The topological polar surface area (TPSA) is 56.3 Å². The summed E-state index contributed by atoms with van der Waals surface area (Å²) in [6, 6.07) is 12.8. The number of nitrogens with zero attached hydrogens (tertiary/aromatic N) is 4. The average Bonchev–Trinajstić information content (AvgIpc) is 2.61. The molecule has 0 unspecified atom stereocenters. The van der Waals surface area contributed by atoms with Gasteiger partial charge in [0.15, 0.2) is 11.6 Å². The maximum absolute atomic E-state index is 4.45. The minimum absolute atomic E-state index is 0. The van der Waals surface area contributed by atoms with Crippen molar-refractivity contribution in [3.63, 3.8) is 0 Å². The standard InChI is InChI=1S/C20H28N6.ClH/c1-25(2)11-9-21-19-17-13-15-7-5-6-8-16(15)14-18(17)20(24-23-19)22-10-12-26(3)4;/h5-8,13-14H,9-12H2,1-4H3,(H,21,23)(H,22,24);1H. The monoisotopic (exact) mass is 388 g/mol. The Kier molecular flexibility index (Phi) is 7.59. The largest absolute Gasteiger partial charge is 0.367 e. The van der Waals surface area contributed by atoms with Gasteiger partial charge in [0.2, 0.25) is 0 Å². The van der Waals surface area contributed by atoms with E-state index in [2.05, 4.69) is 95.2 Å². The third kappa shape index (κ3) is 5.42. The minimum Gasteiger partial charge on any atom is -0.367 e. The molecular weight excluding hydrogens is 360 g/mol. The van der Waals surface area contributed by atoms with Crippen molar-refractivity contribution in [3.05, 3.63) is 36.4 Å². The summed E-state index contributed by atoms with van der Waals surface area (Å²) in [4.78, 5) is 4.30. The molecule has 0 atom stereocenters. The molecule has 0 bridgehead atoms. The molecule has 0 radical (unpaired) electrons. The SMILES string of the molecule is CN(C)CCNc1nnc(NCCN(C)C)c2cc3ccccc3cc12.Cl. The highest BCUT2D eigenvalue weighted by atomic mass is 35.5. The summed E-state index contributed by atoms with van der Waals surface area (Å²) < 4.78 is 0. The molecule has 1 heterocycles. The van der Waals surface area contributed by atoms with Crippen molar-refractivity contribution >= 4 is 45.6 Å². The van der Waals surface area contributed by atoms with Gasteiger partial charge in [0.05, 0.1) is 0 Å². The van der Waals surface area contributed by atoms with E-state index in [1.165, 1.54) is 10.8 Å².